The van der Waals surface area contributed by atoms with E-state index in [9.17, 15) is 0 Å². The summed E-state index contributed by atoms with van der Waals surface area (Å²) in [6, 6.07) is 0.345. The maximum absolute atomic E-state index is 4.46. The zero-order valence-electron chi connectivity index (χ0n) is 11.0. The van der Waals surface area contributed by atoms with Crippen molar-refractivity contribution in [2.75, 3.05) is 6.54 Å². The van der Waals surface area contributed by atoms with Crippen molar-refractivity contribution in [1.82, 2.24) is 19.9 Å². The Morgan fingerprint density at radius 2 is 2.39 bits per heavy atom. The quantitative estimate of drug-likeness (QED) is 0.782. The molecule has 0 aromatic carbocycles. The first-order valence-electron chi connectivity index (χ1n) is 6.43. The first-order valence-corrected chi connectivity index (χ1v) is 7.25. The molecule has 0 fully saturated rings. The molecule has 0 aliphatic rings. The standard InChI is InChI=1S/C13H20N4S/c1-3-12-9-16-13(18-12)11(2)15-5-4-7-17-8-6-14-10-17/h6,8-11,15H,3-5,7H2,1-2H3. The number of rotatable bonds is 7. The van der Waals surface area contributed by atoms with E-state index in [1.807, 2.05) is 36.3 Å². The predicted octanol–water partition coefficient (Wildman–Crippen LogP) is 2.64. The van der Waals surface area contributed by atoms with Crippen molar-refractivity contribution in [3.63, 3.8) is 0 Å². The molecule has 0 saturated heterocycles. The van der Waals surface area contributed by atoms with E-state index >= 15 is 0 Å². The third-order valence-electron chi connectivity index (χ3n) is 2.89. The molecule has 0 saturated carbocycles. The molecule has 98 valence electrons. The molecular weight excluding hydrogens is 244 g/mol. The molecule has 0 spiro atoms. The van der Waals surface area contributed by atoms with Crippen LogP contribution in [0.2, 0.25) is 0 Å². The van der Waals surface area contributed by atoms with E-state index in [4.69, 9.17) is 0 Å². The van der Waals surface area contributed by atoms with Crippen molar-refractivity contribution in [1.29, 1.82) is 0 Å². The van der Waals surface area contributed by atoms with Crippen LogP contribution in [0.25, 0.3) is 0 Å². The summed E-state index contributed by atoms with van der Waals surface area (Å²) in [6.45, 7) is 6.36. The maximum Gasteiger partial charge on any atom is 0.109 e. The predicted molar refractivity (Wildman–Crippen MR) is 74.8 cm³/mol. The molecule has 0 radical (unpaired) electrons. The average molecular weight is 264 g/mol. The Morgan fingerprint density at radius 3 is 3.06 bits per heavy atom. The lowest BCUT2D eigenvalue weighted by Crippen LogP contribution is -2.20. The summed E-state index contributed by atoms with van der Waals surface area (Å²) in [4.78, 5) is 9.84. The largest absolute Gasteiger partial charge is 0.337 e. The number of imidazole rings is 1. The van der Waals surface area contributed by atoms with Crippen LogP contribution in [0.3, 0.4) is 0 Å². The molecule has 2 rings (SSSR count). The fraction of sp³-hybridized carbons (Fsp3) is 0.538. The van der Waals surface area contributed by atoms with Crippen LogP contribution in [0.5, 0.6) is 0 Å². The number of nitrogens with one attached hydrogen (secondary N) is 1. The molecular formula is C13H20N4S. The summed E-state index contributed by atoms with van der Waals surface area (Å²) in [5.74, 6) is 0. The van der Waals surface area contributed by atoms with Crippen molar-refractivity contribution in [3.8, 4) is 0 Å². The van der Waals surface area contributed by atoms with Gasteiger partial charge in [-0.2, -0.15) is 0 Å². The lowest BCUT2D eigenvalue weighted by molar-refractivity contribution is 0.525. The Bertz CT molecular complexity index is 449. The van der Waals surface area contributed by atoms with Crippen LogP contribution in [0.15, 0.2) is 24.9 Å². The zero-order chi connectivity index (χ0) is 12.8. The van der Waals surface area contributed by atoms with Gasteiger partial charge in [-0.25, -0.2) is 9.97 Å². The van der Waals surface area contributed by atoms with Gasteiger partial charge in [0.2, 0.25) is 0 Å². The normalized spacial score (nSPS) is 12.8. The van der Waals surface area contributed by atoms with E-state index < -0.39 is 0 Å². The summed E-state index contributed by atoms with van der Waals surface area (Å²) in [5.41, 5.74) is 0. The topological polar surface area (TPSA) is 42.7 Å². The highest BCUT2D eigenvalue weighted by Gasteiger charge is 2.08. The molecule has 4 nitrogen and oxygen atoms in total. The maximum atomic E-state index is 4.46. The number of thiazole rings is 1. The Kier molecular flexibility index (Phi) is 4.90. The lowest BCUT2D eigenvalue weighted by Gasteiger charge is -2.11. The first kappa shape index (κ1) is 13.2. The summed E-state index contributed by atoms with van der Waals surface area (Å²) >= 11 is 1.81. The van der Waals surface area contributed by atoms with Crippen LogP contribution in [-0.2, 0) is 13.0 Å². The van der Waals surface area contributed by atoms with E-state index in [1.165, 1.54) is 9.88 Å². The van der Waals surface area contributed by atoms with Crippen molar-refractivity contribution in [3.05, 3.63) is 34.8 Å². The first-order chi connectivity index (χ1) is 8.79. The molecule has 1 atom stereocenters. The molecule has 0 aliphatic heterocycles. The van der Waals surface area contributed by atoms with Gasteiger partial charge in [-0.05, 0) is 26.3 Å². The number of nitrogens with zero attached hydrogens (tertiary/aromatic N) is 3. The number of hydrogen-bond donors (Lipinski definition) is 1. The molecule has 0 bridgehead atoms. The van der Waals surface area contributed by atoms with Crippen LogP contribution in [-0.4, -0.2) is 21.1 Å². The minimum atomic E-state index is 0.345. The van der Waals surface area contributed by atoms with Gasteiger partial charge in [0.05, 0.1) is 12.4 Å². The van der Waals surface area contributed by atoms with Crippen LogP contribution in [0.1, 0.15) is 36.2 Å². The molecule has 5 heteroatoms. The summed E-state index contributed by atoms with van der Waals surface area (Å²) in [7, 11) is 0. The van der Waals surface area contributed by atoms with E-state index in [0.717, 1.165) is 25.9 Å². The van der Waals surface area contributed by atoms with Crippen molar-refractivity contribution >= 4 is 11.3 Å². The average Bonchev–Trinajstić information content (AvgIpc) is 3.05. The highest BCUT2D eigenvalue weighted by atomic mass is 32.1. The lowest BCUT2D eigenvalue weighted by atomic mass is 10.3. The summed E-state index contributed by atoms with van der Waals surface area (Å²) < 4.78 is 2.10. The van der Waals surface area contributed by atoms with E-state index in [-0.39, 0.29) is 0 Å². The van der Waals surface area contributed by atoms with Crippen LogP contribution >= 0.6 is 11.3 Å². The molecule has 2 aromatic heterocycles. The summed E-state index contributed by atoms with van der Waals surface area (Å²) in [5, 5.41) is 4.70. The number of hydrogen-bond acceptors (Lipinski definition) is 4. The highest BCUT2D eigenvalue weighted by Crippen LogP contribution is 2.19. The van der Waals surface area contributed by atoms with Gasteiger partial charge in [0.1, 0.15) is 5.01 Å². The number of aromatic nitrogens is 3. The second-order valence-electron chi connectivity index (χ2n) is 4.35. The van der Waals surface area contributed by atoms with Gasteiger partial charge in [0.15, 0.2) is 0 Å². The molecule has 0 aliphatic carbocycles. The molecule has 0 amide bonds. The van der Waals surface area contributed by atoms with Gasteiger partial charge in [-0.15, -0.1) is 11.3 Å². The third-order valence-corrected chi connectivity index (χ3v) is 4.22. The van der Waals surface area contributed by atoms with Gasteiger partial charge >= 0.3 is 0 Å². The van der Waals surface area contributed by atoms with Crippen LogP contribution < -0.4 is 5.32 Å². The van der Waals surface area contributed by atoms with Crippen LogP contribution in [0.4, 0.5) is 0 Å². The number of aryl methyl sites for hydroxylation is 2. The fourth-order valence-electron chi connectivity index (χ4n) is 1.77. The zero-order valence-corrected chi connectivity index (χ0v) is 11.8. The van der Waals surface area contributed by atoms with E-state index in [0.29, 0.717) is 6.04 Å². The van der Waals surface area contributed by atoms with Crippen molar-refractivity contribution in [2.45, 2.75) is 39.3 Å². The smallest absolute Gasteiger partial charge is 0.109 e. The van der Waals surface area contributed by atoms with Crippen molar-refractivity contribution < 1.29 is 0 Å². The Hall–Kier alpha value is -1.20. The van der Waals surface area contributed by atoms with Gasteiger partial charge in [-0.3, -0.25) is 0 Å². The summed E-state index contributed by atoms with van der Waals surface area (Å²) in [6.07, 6.45) is 9.84. The molecule has 1 unspecified atom stereocenters. The molecule has 18 heavy (non-hydrogen) atoms. The highest BCUT2D eigenvalue weighted by molar-refractivity contribution is 7.11. The third kappa shape index (κ3) is 3.65. The molecule has 2 aromatic rings. The minimum Gasteiger partial charge on any atom is -0.337 e. The monoisotopic (exact) mass is 264 g/mol. The van der Waals surface area contributed by atoms with Gasteiger partial charge in [-0.1, -0.05) is 6.92 Å². The van der Waals surface area contributed by atoms with Crippen LogP contribution in [0, 0.1) is 0 Å². The second kappa shape index (κ2) is 6.66. The van der Waals surface area contributed by atoms with Gasteiger partial charge in [0.25, 0.3) is 0 Å². The second-order valence-corrected chi connectivity index (χ2v) is 5.50. The Morgan fingerprint density at radius 1 is 1.50 bits per heavy atom. The molecule has 1 N–H and O–H groups in total. The van der Waals surface area contributed by atoms with Gasteiger partial charge in [0, 0.05) is 30.0 Å². The molecule has 2 heterocycles. The van der Waals surface area contributed by atoms with E-state index in [2.05, 4.69) is 33.7 Å². The Balaban J connectivity index is 1.69. The minimum absolute atomic E-state index is 0.345. The van der Waals surface area contributed by atoms with Gasteiger partial charge < -0.3 is 9.88 Å². The van der Waals surface area contributed by atoms with Crippen molar-refractivity contribution in [2.24, 2.45) is 0 Å². The van der Waals surface area contributed by atoms with E-state index in [1.54, 1.807) is 0 Å². The SMILES string of the molecule is CCc1cnc(C(C)NCCCn2ccnc2)s1. The fourth-order valence-corrected chi connectivity index (χ4v) is 2.66. The Labute approximate surface area is 112 Å².